The Morgan fingerprint density at radius 2 is 1.70 bits per heavy atom. The van der Waals surface area contributed by atoms with Gasteiger partial charge in [-0.25, -0.2) is 0 Å². The number of benzene rings is 2. The van der Waals surface area contributed by atoms with Gasteiger partial charge in [-0.2, -0.15) is 0 Å². The summed E-state index contributed by atoms with van der Waals surface area (Å²) in [5, 5.41) is -0.558. The molecule has 0 N–H and O–H groups in total. The molecular weight excluding hydrogens is 336 g/mol. The summed E-state index contributed by atoms with van der Waals surface area (Å²) in [6.45, 7) is 3.62. The fourth-order valence-corrected chi connectivity index (χ4v) is 3.49. The zero-order valence-corrected chi connectivity index (χ0v) is 13.7. The van der Waals surface area contributed by atoms with Crippen molar-refractivity contribution in [2.45, 2.75) is 24.0 Å². The molecule has 0 bridgehead atoms. The third-order valence-electron chi connectivity index (χ3n) is 3.13. The molecule has 20 heavy (non-hydrogen) atoms. The van der Waals surface area contributed by atoms with Gasteiger partial charge in [-0.3, -0.25) is 9.00 Å². The highest BCUT2D eigenvalue weighted by molar-refractivity contribution is 9.10. The molecule has 0 aliphatic heterocycles. The van der Waals surface area contributed by atoms with E-state index in [4.69, 9.17) is 0 Å². The van der Waals surface area contributed by atoms with E-state index in [9.17, 15) is 9.00 Å². The smallest absolute Gasteiger partial charge is 0.178 e. The van der Waals surface area contributed by atoms with Gasteiger partial charge >= 0.3 is 0 Å². The van der Waals surface area contributed by atoms with Crippen LogP contribution in [0.4, 0.5) is 0 Å². The molecule has 2 atom stereocenters. The SMILES string of the molecule is Cc1ccccc1S(=O)C(C)C(=O)c1ccc(Br)cc1. The molecule has 0 saturated carbocycles. The zero-order valence-electron chi connectivity index (χ0n) is 11.3. The number of carbonyl (C=O) groups excluding carboxylic acids is 1. The molecule has 2 unspecified atom stereocenters. The van der Waals surface area contributed by atoms with E-state index in [1.807, 2.05) is 43.3 Å². The van der Waals surface area contributed by atoms with Crippen molar-refractivity contribution in [3.63, 3.8) is 0 Å². The van der Waals surface area contributed by atoms with Crippen LogP contribution in [0, 0.1) is 6.92 Å². The highest BCUT2D eigenvalue weighted by Gasteiger charge is 2.23. The van der Waals surface area contributed by atoms with Crippen LogP contribution in [0.3, 0.4) is 0 Å². The van der Waals surface area contributed by atoms with Crippen LogP contribution in [-0.4, -0.2) is 15.2 Å². The minimum atomic E-state index is -1.34. The molecular formula is C16H15BrO2S. The molecule has 2 aromatic rings. The minimum Gasteiger partial charge on any atom is -0.293 e. The van der Waals surface area contributed by atoms with Gasteiger partial charge in [-0.1, -0.05) is 46.3 Å². The van der Waals surface area contributed by atoms with Gasteiger partial charge in [-0.05, 0) is 37.6 Å². The van der Waals surface area contributed by atoms with E-state index >= 15 is 0 Å². The summed E-state index contributed by atoms with van der Waals surface area (Å²) in [6.07, 6.45) is 0. The molecule has 0 heterocycles. The van der Waals surface area contributed by atoms with Crippen LogP contribution in [0.1, 0.15) is 22.8 Å². The number of aryl methyl sites for hydroxylation is 1. The molecule has 0 aliphatic rings. The predicted octanol–water partition coefficient (Wildman–Crippen LogP) is 4.14. The van der Waals surface area contributed by atoms with Gasteiger partial charge in [0.05, 0.1) is 16.0 Å². The van der Waals surface area contributed by atoms with Gasteiger partial charge in [0, 0.05) is 14.9 Å². The molecule has 4 heteroatoms. The maximum absolute atomic E-state index is 12.5. The number of ketones is 1. The third kappa shape index (κ3) is 3.25. The Bertz CT molecular complexity index is 650. The van der Waals surface area contributed by atoms with E-state index < -0.39 is 16.0 Å². The second kappa shape index (κ2) is 6.46. The molecule has 0 aliphatic carbocycles. The van der Waals surface area contributed by atoms with Crippen LogP contribution < -0.4 is 0 Å². The average molecular weight is 351 g/mol. The van der Waals surface area contributed by atoms with Crippen LogP contribution in [0.25, 0.3) is 0 Å². The van der Waals surface area contributed by atoms with Crippen molar-refractivity contribution in [2.75, 3.05) is 0 Å². The lowest BCUT2D eigenvalue weighted by molar-refractivity contribution is 0.0992. The third-order valence-corrected chi connectivity index (χ3v) is 5.41. The zero-order chi connectivity index (χ0) is 14.7. The largest absolute Gasteiger partial charge is 0.293 e. The summed E-state index contributed by atoms with van der Waals surface area (Å²) >= 11 is 3.34. The van der Waals surface area contributed by atoms with Crippen molar-refractivity contribution in [1.29, 1.82) is 0 Å². The molecule has 2 rings (SSSR count). The van der Waals surface area contributed by atoms with Gasteiger partial charge < -0.3 is 0 Å². The van der Waals surface area contributed by atoms with Crippen LogP contribution in [0.5, 0.6) is 0 Å². The standard InChI is InChI=1S/C16H15BrO2S/c1-11-5-3-4-6-15(11)20(19)12(2)16(18)13-7-9-14(17)10-8-13/h3-10,12H,1-2H3. The Balaban J connectivity index is 2.25. The fourth-order valence-electron chi connectivity index (χ4n) is 1.92. The van der Waals surface area contributed by atoms with E-state index in [0.29, 0.717) is 5.56 Å². The van der Waals surface area contributed by atoms with Crippen molar-refractivity contribution in [3.8, 4) is 0 Å². The lowest BCUT2D eigenvalue weighted by atomic mass is 10.1. The quantitative estimate of drug-likeness (QED) is 0.776. The molecule has 0 spiro atoms. The summed E-state index contributed by atoms with van der Waals surface area (Å²) < 4.78 is 13.4. The topological polar surface area (TPSA) is 34.1 Å². The summed E-state index contributed by atoms with van der Waals surface area (Å²) in [4.78, 5) is 13.1. The Morgan fingerprint density at radius 3 is 2.30 bits per heavy atom. The van der Waals surface area contributed by atoms with Crippen LogP contribution in [0.15, 0.2) is 57.9 Å². The number of halogens is 1. The monoisotopic (exact) mass is 350 g/mol. The predicted molar refractivity (Wildman–Crippen MR) is 85.5 cm³/mol. The fraction of sp³-hybridized carbons (Fsp3) is 0.188. The van der Waals surface area contributed by atoms with E-state index in [-0.39, 0.29) is 5.78 Å². The van der Waals surface area contributed by atoms with Crippen LogP contribution in [-0.2, 0) is 10.8 Å². The molecule has 2 nitrogen and oxygen atoms in total. The Labute approximate surface area is 129 Å². The number of hydrogen-bond donors (Lipinski definition) is 0. The average Bonchev–Trinajstić information content (AvgIpc) is 2.46. The lowest BCUT2D eigenvalue weighted by Crippen LogP contribution is -2.23. The van der Waals surface area contributed by atoms with Crippen LogP contribution in [0.2, 0.25) is 0 Å². The van der Waals surface area contributed by atoms with Gasteiger partial charge in [-0.15, -0.1) is 0 Å². The first-order chi connectivity index (χ1) is 9.50. The van der Waals surface area contributed by atoms with Crippen molar-refractivity contribution in [2.24, 2.45) is 0 Å². The first-order valence-electron chi connectivity index (χ1n) is 6.26. The summed E-state index contributed by atoms with van der Waals surface area (Å²) in [6, 6.07) is 14.6. The molecule has 0 saturated heterocycles. The van der Waals surface area contributed by atoms with E-state index in [1.165, 1.54) is 0 Å². The maximum atomic E-state index is 12.5. The van der Waals surface area contributed by atoms with Gasteiger partial charge in [0.1, 0.15) is 0 Å². The number of Topliss-reactive ketones (excluding diaryl/α,β-unsaturated/α-hetero) is 1. The maximum Gasteiger partial charge on any atom is 0.178 e. The highest BCUT2D eigenvalue weighted by Crippen LogP contribution is 2.19. The van der Waals surface area contributed by atoms with Gasteiger partial charge in [0.25, 0.3) is 0 Å². The van der Waals surface area contributed by atoms with E-state index in [0.717, 1.165) is 14.9 Å². The Hall–Kier alpha value is -1.26. The molecule has 0 radical (unpaired) electrons. The summed E-state index contributed by atoms with van der Waals surface area (Å²) in [7, 11) is -1.34. The summed E-state index contributed by atoms with van der Waals surface area (Å²) in [5.41, 5.74) is 1.53. The lowest BCUT2D eigenvalue weighted by Gasteiger charge is -2.12. The normalized spacial score (nSPS) is 13.8. The number of rotatable bonds is 4. The Kier molecular flexibility index (Phi) is 4.89. The molecule has 104 valence electrons. The van der Waals surface area contributed by atoms with Crippen molar-refractivity contribution >= 4 is 32.5 Å². The molecule has 0 aromatic heterocycles. The van der Waals surface area contributed by atoms with E-state index in [1.54, 1.807) is 19.1 Å². The minimum absolute atomic E-state index is 0.0981. The first-order valence-corrected chi connectivity index (χ1v) is 8.27. The second-order valence-electron chi connectivity index (χ2n) is 4.58. The summed E-state index contributed by atoms with van der Waals surface area (Å²) in [5.74, 6) is -0.0981. The van der Waals surface area contributed by atoms with Crippen molar-refractivity contribution < 1.29 is 9.00 Å². The van der Waals surface area contributed by atoms with E-state index in [2.05, 4.69) is 15.9 Å². The molecule has 0 amide bonds. The van der Waals surface area contributed by atoms with Crippen molar-refractivity contribution in [3.05, 3.63) is 64.1 Å². The van der Waals surface area contributed by atoms with Gasteiger partial charge in [0.2, 0.25) is 0 Å². The first kappa shape index (κ1) is 15.1. The van der Waals surface area contributed by atoms with Crippen molar-refractivity contribution in [1.82, 2.24) is 0 Å². The highest BCUT2D eigenvalue weighted by atomic mass is 79.9. The number of hydrogen-bond acceptors (Lipinski definition) is 2. The van der Waals surface area contributed by atoms with Gasteiger partial charge in [0.15, 0.2) is 5.78 Å². The van der Waals surface area contributed by atoms with Crippen LogP contribution >= 0.6 is 15.9 Å². The molecule has 2 aromatic carbocycles. The number of carbonyl (C=O) groups is 1. The second-order valence-corrected chi connectivity index (χ2v) is 7.23. The molecule has 0 fully saturated rings. The Morgan fingerprint density at radius 1 is 1.10 bits per heavy atom.